The molecule has 0 saturated carbocycles. The molecule has 3 rings (SSSR count). The van der Waals surface area contributed by atoms with E-state index in [0.29, 0.717) is 0 Å². The first-order valence-electron chi connectivity index (χ1n) is 9.35. The molecule has 1 aliphatic rings. The maximum atomic E-state index is 5.62. The molecule has 27 heavy (non-hydrogen) atoms. The van der Waals surface area contributed by atoms with Gasteiger partial charge in [0.15, 0.2) is 5.96 Å². The SMILES string of the molecule is CN=C(NCc1ccc(C)cc1)NCC1(c2ccccc2)CCOCC1.I. The largest absolute Gasteiger partial charge is 0.381 e. The molecular weight excluding hydrogens is 449 g/mol. The second kappa shape index (κ2) is 10.7. The fourth-order valence-corrected chi connectivity index (χ4v) is 3.49. The number of guanidine groups is 1. The van der Waals surface area contributed by atoms with E-state index in [0.717, 1.165) is 45.1 Å². The molecule has 1 fully saturated rings. The Morgan fingerprint density at radius 3 is 2.30 bits per heavy atom. The number of hydrogen-bond acceptors (Lipinski definition) is 2. The molecule has 0 amide bonds. The first-order chi connectivity index (χ1) is 12.7. The summed E-state index contributed by atoms with van der Waals surface area (Å²) in [6, 6.07) is 19.4. The Labute approximate surface area is 179 Å². The smallest absolute Gasteiger partial charge is 0.191 e. The lowest BCUT2D eigenvalue weighted by Crippen LogP contribution is -2.47. The van der Waals surface area contributed by atoms with Gasteiger partial charge in [-0.1, -0.05) is 60.2 Å². The summed E-state index contributed by atoms with van der Waals surface area (Å²) in [7, 11) is 1.82. The number of aryl methyl sites for hydroxylation is 1. The Hall–Kier alpha value is -1.60. The topological polar surface area (TPSA) is 45.7 Å². The average Bonchev–Trinajstić information content (AvgIpc) is 2.71. The molecule has 0 spiro atoms. The first kappa shape index (κ1) is 21.7. The number of aliphatic imine (C=N–C) groups is 1. The van der Waals surface area contributed by atoms with Crippen LogP contribution in [-0.2, 0) is 16.7 Å². The van der Waals surface area contributed by atoms with Crippen molar-refractivity contribution in [2.75, 3.05) is 26.8 Å². The highest BCUT2D eigenvalue weighted by atomic mass is 127. The van der Waals surface area contributed by atoms with Gasteiger partial charge in [0, 0.05) is 38.8 Å². The highest BCUT2D eigenvalue weighted by Crippen LogP contribution is 2.34. The Bertz CT molecular complexity index is 710. The summed E-state index contributed by atoms with van der Waals surface area (Å²) < 4.78 is 5.62. The van der Waals surface area contributed by atoms with Crippen molar-refractivity contribution in [2.45, 2.75) is 31.7 Å². The van der Waals surface area contributed by atoms with Crippen molar-refractivity contribution in [3.8, 4) is 0 Å². The van der Waals surface area contributed by atoms with E-state index in [4.69, 9.17) is 4.74 Å². The normalized spacial score (nSPS) is 16.3. The fraction of sp³-hybridized carbons (Fsp3) is 0.409. The van der Waals surface area contributed by atoms with Crippen LogP contribution in [0.25, 0.3) is 0 Å². The minimum atomic E-state index is 0. The van der Waals surface area contributed by atoms with E-state index >= 15 is 0 Å². The molecule has 0 aromatic heterocycles. The van der Waals surface area contributed by atoms with Gasteiger partial charge < -0.3 is 15.4 Å². The van der Waals surface area contributed by atoms with Crippen molar-refractivity contribution < 1.29 is 4.74 Å². The molecule has 0 atom stereocenters. The van der Waals surface area contributed by atoms with Gasteiger partial charge in [0.25, 0.3) is 0 Å². The Balaban J connectivity index is 0.00000261. The second-order valence-electron chi connectivity index (χ2n) is 7.02. The van der Waals surface area contributed by atoms with E-state index in [1.807, 2.05) is 7.05 Å². The van der Waals surface area contributed by atoms with Crippen molar-refractivity contribution in [1.29, 1.82) is 0 Å². The van der Waals surface area contributed by atoms with E-state index in [9.17, 15) is 0 Å². The van der Waals surface area contributed by atoms with Gasteiger partial charge in [0.1, 0.15) is 0 Å². The molecule has 0 unspecified atom stereocenters. The molecule has 1 aliphatic heterocycles. The van der Waals surface area contributed by atoms with Crippen molar-refractivity contribution in [2.24, 2.45) is 4.99 Å². The van der Waals surface area contributed by atoms with Gasteiger partial charge in [-0.05, 0) is 30.9 Å². The zero-order chi connectivity index (χ0) is 18.2. The van der Waals surface area contributed by atoms with Gasteiger partial charge in [0.2, 0.25) is 0 Å². The quantitative estimate of drug-likeness (QED) is 0.387. The number of hydrogen-bond donors (Lipinski definition) is 2. The molecule has 146 valence electrons. The van der Waals surface area contributed by atoms with Gasteiger partial charge in [-0.3, -0.25) is 4.99 Å². The first-order valence-corrected chi connectivity index (χ1v) is 9.35. The number of nitrogens with zero attached hydrogens (tertiary/aromatic N) is 1. The van der Waals surface area contributed by atoms with E-state index in [1.54, 1.807) is 0 Å². The summed E-state index contributed by atoms with van der Waals surface area (Å²) in [6.45, 7) is 5.35. The molecule has 0 bridgehead atoms. The third-order valence-electron chi connectivity index (χ3n) is 5.23. The van der Waals surface area contributed by atoms with Crippen molar-refractivity contribution in [3.63, 3.8) is 0 Å². The van der Waals surface area contributed by atoms with Crippen LogP contribution in [0.4, 0.5) is 0 Å². The molecule has 2 aromatic carbocycles. The summed E-state index contributed by atoms with van der Waals surface area (Å²) in [5, 5.41) is 6.96. The van der Waals surface area contributed by atoms with E-state index in [1.165, 1.54) is 16.7 Å². The molecule has 1 heterocycles. The Morgan fingerprint density at radius 2 is 1.67 bits per heavy atom. The summed E-state index contributed by atoms with van der Waals surface area (Å²) in [5.74, 6) is 0.840. The van der Waals surface area contributed by atoms with Crippen molar-refractivity contribution in [1.82, 2.24) is 10.6 Å². The van der Waals surface area contributed by atoms with Crippen LogP contribution in [0.2, 0.25) is 0 Å². The highest BCUT2D eigenvalue weighted by Gasteiger charge is 2.34. The summed E-state index contributed by atoms with van der Waals surface area (Å²) in [4.78, 5) is 4.39. The van der Waals surface area contributed by atoms with Crippen LogP contribution in [0.5, 0.6) is 0 Å². The van der Waals surface area contributed by atoms with E-state index in [2.05, 4.69) is 77.1 Å². The monoisotopic (exact) mass is 479 g/mol. The van der Waals surface area contributed by atoms with Crippen molar-refractivity contribution in [3.05, 3.63) is 71.3 Å². The second-order valence-corrected chi connectivity index (χ2v) is 7.02. The zero-order valence-corrected chi connectivity index (χ0v) is 18.5. The van der Waals surface area contributed by atoms with Crippen LogP contribution >= 0.6 is 24.0 Å². The lowest BCUT2D eigenvalue weighted by atomic mass is 9.74. The minimum Gasteiger partial charge on any atom is -0.381 e. The summed E-state index contributed by atoms with van der Waals surface area (Å²) in [5.41, 5.74) is 4.01. The zero-order valence-electron chi connectivity index (χ0n) is 16.2. The van der Waals surface area contributed by atoms with Gasteiger partial charge >= 0.3 is 0 Å². The molecule has 0 radical (unpaired) electrons. The molecular formula is C22H30IN3O. The molecule has 5 heteroatoms. The van der Waals surface area contributed by atoms with E-state index in [-0.39, 0.29) is 29.4 Å². The summed E-state index contributed by atoms with van der Waals surface area (Å²) in [6.07, 6.45) is 2.05. The third-order valence-corrected chi connectivity index (χ3v) is 5.23. The molecule has 2 N–H and O–H groups in total. The summed E-state index contributed by atoms with van der Waals surface area (Å²) >= 11 is 0. The number of nitrogens with one attached hydrogen (secondary N) is 2. The number of rotatable bonds is 5. The van der Waals surface area contributed by atoms with Crippen LogP contribution in [0.15, 0.2) is 59.6 Å². The minimum absolute atomic E-state index is 0. The lowest BCUT2D eigenvalue weighted by molar-refractivity contribution is 0.0514. The predicted octanol–water partition coefficient (Wildman–Crippen LogP) is 4.03. The molecule has 0 aliphatic carbocycles. The fourth-order valence-electron chi connectivity index (χ4n) is 3.49. The average molecular weight is 479 g/mol. The van der Waals surface area contributed by atoms with Gasteiger partial charge in [-0.25, -0.2) is 0 Å². The lowest BCUT2D eigenvalue weighted by Gasteiger charge is -2.38. The van der Waals surface area contributed by atoms with Crippen LogP contribution in [0.1, 0.15) is 29.5 Å². The van der Waals surface area contributed by atoms with Gasteiger partial charge in [-0.2, -0.15) is 0 Å². The van der Waals surface area contributed by atoms with Crippen LogP contribution in [0, 0.1) is 6.92 Å². The standard InChI is InChI=1S/C22H29N3O.HI/c1-18-8-10-19(11-9-18)16-24-21(23-2)25-17-22(12-14-26-15-13-22)20-6-4-3-5-7-20;/h3-11H,12-17H2,1-2H3,(H2,23,24,25);1H. The maximum Gasteiger partial charge on any atom is 0.191 e. The Morgan fingerprint density at radius 1 is 1.00 bits per heavy atom. The number of benzene rings is 2. The third kappa shape index (κ3) is 5.94. The predicted molar refractivity (Wildman–Crippen MR) is 123 cm³/mol. The van der Waals surface area contributed by atoms with Crippen LogP contribution in [0.3, 0.4) is 0 Å². The van der Waals surface area contributed by atoms with E-state index < -0.39 is 0 Å². The number of halogens is 1. The molecule has 2 aromatic rings. The molecule has 4 nitrogen and oxygen atoms in total. The Kier molecular flexibility index (Phi) is 8.57. The van der Waals surface area contributed by atoms with Crippen LogP contribution in [-0.4, -0.2) is 32.8 Å². The highest BCUT2D eigenvalue weighted by molar-refractivity contribution is 14.0. The maximum absolute atomic E-state index is 5.62. The molecule has 1 saturated heterocycles. The van der Waals surface area contributed by atoms with Gasteiger partial charge in [0.05, 0.1) is 0 Å². The van der Waals surface area contributed by atoms with Crippen molar-refractivity contribution >= 4 is 29.9 Å². The van der Waals surface area contributed by atoms with Crippen LogP contribution < -0.4 is 10.6 Å². The number of ether oxygens (including phenoxy) is 1. The van der Waals surface area contributed by atoms with Gasteiger partial charge in [-0.15, -0.1) is 24.0 Å².